The van der Waals surface area contributed by atoms with Crippen LogP contribution in [0.15, 0.2) is 12.3 Å². The Labute approximate surface area is 76.8 Å². The number of rotatable bonds is 1. The van der Waals surface area contributed by atoms with Crippen molar-refractivity contribution >= 4 is 16.9 Å². The molecule has 0 aliphatic heterocycles. The Balaban J connectivity index is 2.74. The molecule has 14 heavy (non-hydrogen) atoms. The predicted octanol–water partition coefficient (Wildman–Crippen LogP) is 1.19. The molecule has 0 aliphatic carbocycles. The first-order chi connectivity index (χ1) is 6.59. The van der Waals surface area contributed by atoms with Crippen molar-refractivity contribution in [3.05, 3.63) is 18.1 Å². The lowest BCUT2D eigenvalue weighted by Gasteiger charge is -1.97. The molecule has 0 bridgehead atoms. The molecule has 0 atom stereocenters. The Hall–Kier alpha value is -1.92. The highest BCUT2D eigenvalue weighted by Crippen LogP contribution is 2.22. The summed E-state index contributed by atoms with van der Waals surface area (Å²) in [4.78, 5) is 7.14. The van der Waals surface area contributed by atoms with Crippen LogP contribution in [0.3, 0.4) is 0 Å². The standard InChI is InChI=1S/C7H6F2N4O/c8-5(9)7-12-6-4(13(7)14)1-3(10)2-11-6/h1-2,5,14H,10H2. The molecule has 74 valence electrons. The van der Waals surface area contributed by atoms with Crippen LogP contribution in [0.4, 0.5) is 14.5 Å². The van der Waals surface area contributed by atoms with Gasteiger partial charge in [-0.25, -0.2) is 18.7 Å². The van der Waals surface area contributed by atoms with Gasteiger partial charge in [-0.05, 0) is 6.07 Å². The third-order valence-electron chi connectivity index (χ3n) is 1.73. The number of nitrogens with zero attached hydrogens (tertiary/aromatic N) is 3. The van der Waals surface area contributed by atoms with Crippen molar-refractivity contribution in [3.63, 3.8) is 0 Å². The first-order valence-electron chi connectivity index (χ1n) is 3.71. The second kappa shape index (κ2) is 2.79. The first kappa shape index (κ1) is 8.67. The number of halogens is 2. The number of imidazole rings is 1. The molecule has 0 spiro atoms. The minimum absolute atomic E-state index is 0.0389. The number of pyridine rings is 1. The Kier molecular flexibility index (Phi) is 1.73. The minimum Gasteiger partial charge on any atom is -0.426 e. The summed E-state index contributed by atoms with van der Waals surface area (Å²) in [6.07, 6.45) is -1.57. The molecule has 3 N–H and O–H groups in total. The third kappa shape index (κ3) is 1.13. The van der Waals surface area contributed by atoms with E-state index in [2.05, 4.69) is 9.97 Å². The molecule has 2 heterocycles. The second-order valence-electron chi connectivity index (χ2n) is 2.69. The van der Waals surface area contributed by atoms with Crippen LogP contribution in [0.2, 0.25) is 0 Å². The van der Waals surface area contributed by atoms with Crippen LogP contribution >= 0.6 is 0 Å². The molecule has 2 aromatic heterocycles. The number of anilines is 1. The van der Waals surface area contributed by atoms with E-state index in [1.807, 2.05) is 0 Å². The van der Waals surface area contributed by atoms with Crippen molar-refractivity contribution < 1.29 is 14.0 Å². The molecule has 5 nitrogen and oxygen atoms in total. The van der Waals surface area contributed by atoms with Gasteiger partial charge < -0.3 is 10.9 Å². The van der Waals surface area contributed by atoms with Gasteiger partial charge in [0.05, 0.1) is 11.9 Å². The highest BCUT2D eigenvalue weighted by atomic mass is 19.3. The quantitative estimate of drug-likeness (QED) is 0.678. The Bertz CT molecular complexity index is 482. The van der Waals surface area contributed by atoms with Gasteiger partial charge in [0.2, 0.25) is 5.82 Å². The summed E-state index contributed by atoms with van der Waals surface area (Å²) in [7, 11) is 0. The molecular weight excluding hydrogens is 194 g/mol. The summed E-state index contributed by atoms with van der Waals surface area (Å²) in [6, 6.07) is 1.32. The maximum absolute atomic E-state index is 12.3. The average molecular weight is 200 g/mol. The van der Waals surface area contributed by atoms with Crippen molar-refractivity contribution in [1.29, 1.82) is 0 Å². The summed E-state index contributed by atoms with van der Waals surface area (Å²) < 4.78 is 24.8. The molecule has 0 radical (unpaired) electrons. The van der Waals surface area contributed by atoms with E-state index in [1.54, 1.807) is 0 Å². The molecule has 0 unspecified atom stereocenters. The fourth-order valence-electron chi connectivity index (χ4n) is 1.12. The van der Waals surface area contributed by atoms with Crippen LogP contribution in [-0.2, 0) is 0 Å². The zero-order valence-electron chi connectivity index (χ0n) is 6.85. The van der Waals surface area contributed by atoms with E-state index in [0.717, 1.165) is 0 Å². The van der Waals surface area contributed by atoms with Crippen LogP contribution in [-0.4, -0.2) is 19.9 Å². The van der Waals surface area contributed by atoms with E-state index < -0.39 is 12.2 Å². The van der Waals surface area contributed by atoms with Gasteiger partial charge in [-0.3, -0.25) is 0 Å². The van der Waals surface area contributed by atoms with Crippen LogP contribution in [0.1, 0.15) is 12.2 Å². The average Bonchev–Trinajstić information content (AvgIpc) is 2.44. The monoisotopic (exact) mass is 200 g/mol. The Morgan fingerprint density at radius 3 is 2.86 bits per heavy atom. The van der Waals surface area contributed by atoms with Gasteiger partial charge in [0.25, 0.3) is 6.43 Å². The first-order valence-corrected chi connectivity index (χ1v) is 3.71. The SMILES string of the molecule is Nc1cnc2nc(C(F)F)n(O)c2c1. The van der Waals surface area contributed by atoms with Crippen molar-refractivity contribution in [2.24, 2.45) is 0 Å². The molecule has 0 aromatic carbocycles. The number of aromatic nitrogens is 3. The summed E-state index contributed by atoms with van der Waals surface area (Å²) >= 11 is 0. The van der Waals surface area contributed by atoms with Crippen LogP contribution in [0.5, 0.6) is 0 Å². The lowest BCUT2D eigenvalue weighted by atomic mass is 10.4. The van der Waals surface area contributed by atoms with E-state index >= 15 is 0 Å². The van der Waals surface area contributed by atoms with Gasteiger partial charge in [0.15, 0.2) is 5.65 Å². The number of hydrogen-bond acceptors (Lipinski definition) is 4. The summed E-state index contributed by atoms with van der Waals surface area (Å²) in [5.41, 5.74) is 5.76. The molecule has 2 rings (SSSR count). The number of hydrogen-bond donors (Lipinski definition) is 2. The summed E-state index contributed by atoms with van der Waals surface area (Å²) in [6.45, 7) is 0. The number of nitrogen functional groups attached to an aromatic ring is 1. The van der Waals surface area contributed by atoms with Crippen molar-refractivity contribution in [2.75, 3.05) is 5.73 Å². The van der Waals surface area contributed by atoms with Crippen LogP contribution < -0.4 is 5.73 Å². The Morgan fingerprint density at radius 2 is 2.21 bits per heavy atom. The molecule has 7 heteroatoms. The van der Waals surface area contributed by atoms with E-state index in [0.29, 0.717) is 4.73 Å². The van der Waals surface area contributed by atoms with E-state index in [-0.39, 0.29) is 16.9 Å². The van der Waals surface area contributed by atoms with Crippen LogP contribution in [0.25, 0.3) is 11.2 Å². The molecule has 0 saturated heterocycles. The van der Waals surface area contributed by atoms with Gasteiger partial charge in [-0.15, -0.1) is 0 Å². The smallest absolute Gasteiger partial charge is 0.298 e. The fourth-order valence-corrected chi connectivity index (χ4v) is 1.12. The highest BCUT2D eigenvalue weighted by molar-refractivity contribution is 5.74. The number of alkyl halides is 2. The maximum atomic E-state index is 12.3. The van der Waals surface area contributed by atoms with E-state index in [1.165, 1.54) is 12.3 Å². The van der Waals surface area contributed by atoms with Gasteiger partial charge >= 0.3 is 0 Å². The fraction of sp³-hybridized carbons (Fsp3) is 0.143. The minimum atomic E-state index is -2.85. The normalized spacial score (nSPS) is 11.4. The largest absolute Gasteiger partial charge is 0.426 e. The second-order valence-corrected chi connectivity index (χ2v) is 2.69. The topological polar surface area (TPSA) is 77.0 Å². The number of nitrogens with two attached hydrogens (primary N) is 1. The van der Waals surface area contributed by atoms with Crippen molar-refractivity contribution in [1.82, 2.24) is 14.7 Å². The zero-order valence-corrected chi connectivity index (χ0v) is 6.85. The molecular formula is C7H6F2N4O. The molecule has 0 fully saturated rings. The van der Waals surface area contributed by atoms with Crippen molar-refractivity contribution in [3.8, 4) is 0 Å². The zero-order chi connectivity index (χ0) is 10.3. The highest BCUT2D eigenvalue weighted by Gasteiger charge is 2.19. The third-order valence-corrected chi connectivity index (χ3v) is 1.73. The summed E-state index contributed by atoms with van der Waals surface area (Å²) in [5, 5.41) is 9.26. The lowest BCUT2D eigenvalue weighted by Crippen LogP contribution is -1.99. The van der Waals surface area contributed by atoms with Crippen LogP contribution in [0, 0.1) is 0 Å². The summed E-state index contributed by atoms with van der Waals surface area (Å²) in [5.74, 6) is -0.738. The van der Waals surface area contributed by atoms with Crippen molar-refractivity contribution in [2.45, 2.75) is 6.43 Å². The molecule has 2 aromatic rings. The Morgan fingerprint density at radius 1 is 1.50 bits per heavy atom. The van der Waals surface area contributed by atoms with Gasteiger partial charge in [-0.1, -0.05) is 0 Å². The molecule has 0 saturated carbocycles. The van der Waals surface area contributed by atoms with E-state index in [4.69, 9.17) is 5.73 Å². The van der Waals surface area contributed by atoms with Gasteiger partial charge in [0.1, 0.15) is 5.52 Å². The number of fused-ring (bicyclic) bond motifs is 1. The van der Waals surface area contributed by atoms with Gasteiger partial charge in [0, 0.05) is 0 Å². The maximum Gasteiger partial charge on any atom is 0.298 e. The lowest BCUT2D eigenvalue weighted by molar-refractivity contribution is 0.0948. The van der Waals surface area contributed by atoms with Gasteiger partial charge in [-0.2, -0.15) is 4.73 Å². The molecule has 0 aliphatic rings. The molecule has 0 amide bonds. The van der Waals surface area contributed by atoms with E-state index in [9.17, 15) is 14.0 Å². The predicted molar refractivity (Wildman–Crippen MR) is 44.1 cm³/mol.